The predicted octanol–water partition coefficient (Wildman–Crippen LogP) is 1.73. The highest BCUT2D eigenvalue weighted by Gasteiger charge is 2.03. The number of nitrogens with one attached hydrogen (secondary N) is 2. The number of nitrogens with zero attached hydrogens (tertiary/aromatic N) is 2. The van der Waals surface area contributed by atoms with Crippen molar-refractivity contribution in [3.05, 3.63) is 53.6 Å². The number of benzene rings is 1. The summed E-state index contributed by atoms with van der Waals surface area (Å²) in [7, 11) is 3.65. The number of hydrogen-bond donors (Lipinski definition) is 3. The average Bonchev–Trinajstić information content (AvgIpc) is 2.88. The van der Waals surface area contributed by atoms with Gasteiger partial charge in [0.25, 0.3) is 0 Å². The van der Waals surface area contributed by atoms with Crippen molar-refractivity contribution < 1.29 is 9.50 Å². The first-order chi connectivity index (χ1) is 10.1. The number of guanidine groups is 1. The Balaban J connectivity index is 1.86. The van der Waals surface area contributed by atoms with Crippen LogP contribution in [0.15, 0.2) is 41.7 Å². The van der Waals surface area contributed by atoms with E-state index in [1.165, 1.54) is 12.1 Å². The number of aromatic hydroxyl groups is 1. The van der Waals surface area contributed by atoms with Gasteiger partial charge in [0.2, 0.25) is 0 Å². The molecular weight excluding hydrogens is 271 g/mol. The van der Waals surface area contributed by atoms with Gasteiger partial charge in [-0.1, -0.05) is 6.07 Å². The quantitative estimate of drug-likeness (QED) is 0.594. The zero-order valence-electron chi connectivity index (χ0n) is 12.1. The van der Waals surface area contributed by atoms with Crippen LogP contribution < -0.4 is 10.6 Å². The normalized spacial score (nSPS) is 11.5. The third-order valence-electron chi connectivity index (χ3n) is 3.05. The van der Waals surface area contributed by atoms with Gasteiger partial charge in [0.1, 0.15) is 0 Å². The van der Waals surface area contributed by atoms with E-state index in [0.717, 1.165) is 11.1 Å². The number of aliphatic imine (C=N–C) groups is 1. The molecule has 0 aliphatic rings. The second-order valence-electron chi connectivity index (χ2n) is 4.75. The molecule has 21 heavy (non-hydrogen) atoms. The Kier molecular flexibility index (Phi) is 4.81. The van der Waals surface area contributed by atoms with E-state index in [0.29, 0.717) is 19.0 Å². The lowest BCUT2D eigenvalue weighted by atomic mass is 10.2. The van der Waals surface area contributed by atoms with Crippen molar-refractivity contribution in [1.82, 2.24) is 15.2 Å². The van der Waals surface area contributed by atoms with Crippen molar-refractivity contribution in [2.24, 2.45) is 12.0 Å². The maximum Gasteiger partial charge on any atom is 0.191 e. The van der Waals surface area contributed by atoms with E-state index < -0.39 is 5.82 Å². The first-order valence-electron chi connectivity index (χ1n) is 6.61. The highest BCUT2D eigenvalue weighted by molar-refractivity contribution is 5.79. The van der Waals surface area contributed by atoms with Crippen molar-refractivity contribution in [3.63, 3.8) is 0 Å². The maximum absolute atomic E-state index is 13.2. The molecule has 6 heteroatoms. The molecule has 5 nitrogen and oxygen atoms in total. The van der Waals surface area contributed by atoms with Gasteiger partial charge in [-0.2, -0.15) is 0 Å². The molecule has 1 aromatic heterocycles. The standard InChI is InChI=1S/C15H19FN4O/c1-17-15(19-9-12-5-6-20(2)10-12)18-8-11-3-4-14(21)13(16)7-11/h3-7,10,21H,8-9H2,1-2H3,(H2,17,18,19). The lowest BCUT2D eigenvalue weighted by molar-refractivity contribution is 0.431. The van der Waals surface area contributed by atoms with Crippen molar-refractivity contribution >= 4 is 5.96 Å². The minimum Gasteiger partial charge on any atom is -0.505 e. The molecule has 0 fully saturated rings. The molecule has 0 radical (unpaired) electrons. The van der Waals surface area contributed by atoms with Gasteiger partial charge < -0.3 is 20.3 Å². The number of halogens is 1. The van der Waals surface area contributed by atoms with Crippen molar-refractivity contribution in [1.29, 1.82) is 0 Å². The second-order valence-corrected chi connectivity index (χ2v) is 4.75. The summed E-state index contributed by atoms with van der Waals surface area (Å²) in [6, 6.07) is 6.32. The summed E-state index contributed by atoms with van der Waals surface area (Å²) >= 11 is 0. The highest BCUT2D eigenvalue weighted by atomic mass is 19.1. The molecule has 0 amide bonds. The molecule has 0 saturated carbocycles. The fourth-order valence-corrected chi connectivity index (χ4v) is 1.92. The second kappa shape index (κ2) is 6.78. The van der Waals surface area contributed by atoms with E-state index in [2.05, 4.69) is 15.6 Å². The number of aromatic nitrogens is 1. The number of phenols is 1. The van der Waals surface area contributed by atoms with Gasteiger partial charge in [0, 0.05) is 39.6 Å². The molecule has 1 aromatic carbocycles. The molecule has 0 saturated heterocycles. The maximum atomic E-state index is 13.2. The summed E-state index contributed by atoms with van der Waals surface area (Å²) in [6.07, 6.45) is 4.00. The van der Waals surface area contributed by atoms with Gasteiger partial charge in [-0.15, -0.1) is 0 Å². The Morgan fingerprint density at radius 1 is 1.24 bits per heavy atom. The smallest absolute Gasteiger partial charge is 0.191 e. The average molecular weight is 290 g/mol. The van der Waals surface area contributed by atoms with Gasteiger partial charge in [0.05, 0.1) is 0 Å². The molecule has 2 rings (SSSR count). The first kappa shape index (κ1) is 14.9. The van der Waals surface area contributed by atoms with E-state index >= 15 is 0 Å². The van der Waals surface area contributed by atoms with E-state index in [9.17, 15) is 4.39 Å². The van der Waals surface area contributed by atoms with Crippen LogP contribution in [0.1, 0.15) is 11.1 Å². The Morgan fingerprint density at radius 2 is 1.95 bits per heavy atom. The number of hydrogen-bond acceptors (Lipinski definition) is 2. The molecule has 0 bridgehead atoms. The van der Waals surface area contributed by atoms with Crippen LogP contribution in [-0.4, -0.2) is 22.7 Å². The molecule has 0 spiro atoms. The van der Waals surface area contributed by atoms with E-state index in [1.807, 2.05) is 30.1 Å². The van der Waals surface area contributed by atoms with Crippen LogP contribution in [0.25, 0.3) is 0 Å². The fourth-order valence-electron chi connectivity index (χ4n) is 1.92. The fraction of sp³-hybridized carbons (Fsp3) is 0.267. The first-order valence-corrected chi connectivity index (χ1v) is 6.61. The topological polar surface area (TPSA) is 61.6 Å². The molecule has 112 valence electrons. The monoisotopic (exact) mass is 290 g/mol. The minimum atomic E-state index is -0.624. The summed E-state index contributed by atoms with van der Waals surface area (Å²) in [5.41, 5.74) is 1.88. The van der Waals surface area contributed by atoms with Crippen molar-refractivity contribution in [3.8, 4) is 5.75 Å². The molecule has 0 unspecified atom stereocenters. The van der Waals surface area contributed by atoms with Crippen LogP contribution in [0.3, 0.4) is 0 Å². The van der Waals surface area contributed by atoms with Gasteiger partial charge >= 0.3 is 0 Å². The molecule has 0 atom stereocenters. The Labute approximate surface area is 123 Å². The van der Waals surface area contributed by atoms with Gasteiger partial charge in [-0.25, -0.2) is 4.39 Å². The van der Waals surface area contributed by atoms with E-state index in [1.54, 1.807) is 13.1 Å². The lowest BCUT2D eigenvalue weighted by Gasteiger charge is -2.11. The van der Waals surface area contributed by atoms with Crippen LogP contribution >= 0.6 is 0 Å². The number of phenolic OH excluding ortho intramolecular Hbond substituents is 1. The molecule has 0 aliphatic carbocycles. The molecular formula is C15H19FN4O. The third-order valence-corrected chi connectivity index (χ3v) is 3.05. The van der Waals surface area contributed by atoms with Crippen LogP contribution in [0.4, 0.5) is 4.39 Å². The highest BCUT2D eigenvalue weighted by Crippen LogP contribution is 2.15. The Morgan fingerprint density at radius 3 is 2.52 bits per heavy atom. The molecule has 0 aliphatic heterocycles. The minimum absolute atomic E-state index is 0.342. The van der Waals surface area contributed by atoms with E-state index in [-0.39, 0.29) is 5.75 Å². The van der Waals surface area contributed by atoms with Gasteiger partial charge in [-0.3, -0.25) is 4.99 Å². The number of rotatable bonds is 4. The summed E-state index contributed by atoms with van der Waals surface area (Å²) < 4.78 is 15.2. The largest absolute Gasteiger partial charge is 0.505 e. The molecule has 1 heterocycles. The Hall–Kier alpha value is -2.50. The summed E-state index contributed by atoms with van der Waals surface area (Å²) in [4.78, 5) is 4.11. The molecule has 2 aromatic rings. The van der Waals surface area contributed by atoms with Crippen LogP contribution in [0.5, 0.6) is 5.75 Å². The van der Waals surface area contributed by atoms with Crippen LogP contribution in [0.2, 0.25) is 0 Å². The predicted molar refractivity (Wildman–Crippen MR) is 80.5 cm³/mol. The van der Waals surface area contributed by atoms with Gasteiger partial charge in [0.15, 0.2) is 17.5 Å². The Bertz CT molecular complexity index is 636. The zero-order chi connectivity index (χ0) is 15.2. The van der Waals surface area contributed by atoms with E-state index in [4.69, 9.17) is 5.11 Å². The van der Waals surface area contributed by atoms with Gasteiger partial charge in [-0.05, 0) is 29.3 Å². The summed E-state index contributed by atoms with van der Waals surface area (Å²) in [5, 5.41) is 15.4. The molecule has 3 N–H and O–H groups in total. The van der Waals surface area contributed by atoms with Crippen molar-refractivity contribution in [2.75, 3.05) is 7.05 Å². The van der Waals surface area contributed by atoms with Crippen LogP contribution in [-0.2, 0) is 20.1 Å². The zero-order valence-corrected chi connectivity index (χ0v) is 12.1. The summed E-state index contributed by atoms with van der Waals surface area (Å²) in [6.45, 7) is 1.08. The van der Waals surface area contributed by atoms with Crippen molar-refractivity contribution in [2.45, 2.75) is 13.1 Å². The third kappa shape index (κ3) is 4.24. The lowest BCUT2D eigenvalue weighted by Crippen LogP contribution is -2.36. The summed E-state index contributed by atoms with van der Waals surface area (Å²) in [5.74, 6) is -0.334. The van der Waals surface area contributed by atoms with Crippen LogP contribution in [0, 0.1) is 5.82 Å². The number of aryl methyl sites for hydroxylation is 1. The SMILES string of the molecule is CN=C(NCc1ccc(O)c(F)c1)NCc1ccn(C)c1.